The maximum atomic E-state index is 2.57. The van der Waals surface area contributed by atoms with E-state index < -0.39 is 0 Å². The van der Waals surface area contributed by atoms with Crippen LogP contribution in [-0.2, 0) is 10.8 Å². The van der Waals surface area contributed by atoms with Crippen LogP contribution in [0.1, 0.15) is 52.7 Å². The normalized spacial score (nSPS) is 12.6. The minimum atomic E-state index is 0.0975. The third-order valence-corrected chi connectivity index (χ3v) is 8.97. The molecule has 4 aromatic carbocycles. The van der Waals surface area contributed by atoms with Crippen LogP contribution in [0, 0.1) is 3.57 Å². The van der Waals surface area contributed by atoms with E-state index in [-0.39, 0.29) is 10.8 Å². The van der Waals surface area contributed by atoms with Crippen LogP contribution in [0.2, 0.25) is 0 Å². The molecule has 0 atom stereocenters. The average Bonchev–Trinajstić information content (AvgIpc) is 3.17. The van der Waals surface area contributed by atoms with Gasteiger partial charge in [-0.15, -0.1) is 11.3 Å². The Morgan fingerprint density at radius 3 is 1.82 bits per heavy atom. The maximum Gasteiger partial charge on any atom is 0.0361 e. The van der Waals surface area contributed by atoms with Gasteiger partial charge in [-0.05, 0) is 78.9 Å². The van der Waals surface area contributed by atoms with E-state index in [9.17, 15) is 0 Å². The summed E-state index contributed by atoms with van der Waals surface area (Å²) in [7, 11) is 0. The van der Waals surface area contributed by atoms with Crippen LogP contribution >= 0.6 is 33.9 Å². The molecule has 0 bridgehead atoms. The summed E-state index contributed by atoms with van der Waals surface area (Å²) in [6.45, 7) is 13.8. The molecule has 0 saturated carbocycles. The van der Waals surface area contributed by atoms with Crippen molar-refractivity contribution in [2.45, 2.75) is 52.4 Å². The molecule has 5 rings (SSSR count). The van der Waals surface area contributed by atoms with Crippen molar-refractivity contribution in [1.29, 1.82) is 0 Å². The molecule has 0 unspecified atom stereocenters. The highest BCUT2D eigenvalue weighted by Crippen LogP contribution is 2.43. The summed E-state index contributed by atoms with van der Waals surface area (Å²) in [5.41, 5.74) is 8.23. The van der Waals surface area contributed by atoms with Gasteiger partial charge in [0.25, 0.3) is 0 Å². The third kappa shape index (κ3) is 4.20. The Labute approximate surface area is 221 Å². The molecular formula is C32H31IS. The number of halogens is 1. The first-order valence-corrected chi connectivity index (χ1v) is 13.8. The SMILES string of the molecule is CC(C)(C)c1cc(-c2cccc(-c3cccc4sc5ccccc5c34)c2I)cc(C(C)(C)C)c1. The number of benzene rings is 4. The lowest BCUT2D eigenvalue weighted by Crippen LogP contribution is -2.16. The van der Waals surface area contributed by atoms with E-state index >= 15 is 0 Å². The molecule has 0 radical (unpaired) electrons. The number of hydrogen-bond acceptors (Lipinski definition) is 1. The zero-order chi connectivity index (χ0) is 24.3. The molecule has 0 aliphatic heterocycles. The smallest absolute Gasteiger partial charge is 0.0361 e. The molecule has 0 nitrogen and oxygen atoms in total. The fourth-order valence-electron chi connectivity index (χ4n) is 4.61. The van der Waals surface area contributed by atoms with Gasteiger partial charge < -0.3 is 0 Å². The Morgan fingerprint density at radius 2 is 1.15 bits per heavy atom. The Bertz CT molecular complexity index is 1490. The quantitative estimate of drug-likeness (QED) is 0.184. The molecule has 1 heterocycles. The molecule has 0 N–H and O–H groups in total. The van der Waals surface area contributed by atoms with Gasteiger partial charge >= 0.3 is 0 Å². The summed E-state index contributed by atoms with van der Waals surface area (Å²) >= 11 is 4.46. The monoisotopic (exact) mass is 574 g/mol. The Morgan fingerprint density at radius 1 is 0.588 bits per heavy atom. The van der Waals surface area contributed by atoms with Crippen molar-refractivity contribution in [1.82, 2.24) is 0 Å². The third-order valence-electron chi connectivity index (χ3n) is 6.67. The van der Waals surface area contributed by atoms with Crippen LogP contribution in [0.4, 0.5) is 0 Å². The van der Waals surface area contributed by atoms with E-state index in [2.05, 4.69) is 143 Å². The molecule has 2 heteroatoms. The predicted molar refractivity (Wildman–Crippen MR) is 160 cm³/mol. The maximum absolute atomic E-state index is 2.57. The van der Waals surface area contributed by atoms with Crippen LogP contribution in [0.15, 0.2) is 78.9 Å². The molecule has 0 amide bonds. The Kier molecular flexibility index (Phi) is 5.89. The fraction of sp³-hybridized carbons (Fsp3) is 0.250. The lowest BCUT2D eigenvalue weighted by atomic mass is 9.79. The average molecular weight is 575 g/mol. The van der Waals surface area contributed by atoms with Gasteiger partial charge in [0.1, 0.15) is 0 Å². The molecule has 5 aromatic rings. The van der Waals surface area contributed by atoms with E-state index in [0.29, 0.717) is 0 Å². The van der Waals surface area contributed by atoms with Gasteiger partial charge in [-0.1, -0.05) is 108 Å². The van der Waals surface area contributed by atoms with Crippen LogP contribution in [-0.4, -0.2) is 0 Å². The first kappa shape index (κ1) is 23.6. The van der Waals surface area contributed by atoms with Crippen molar-refractivity contribution < 1.29 is 0 Å². The van der Waals surface area contributed by atoms with E-state index in [1.54, 1.807) is 0 Å². The molecule has 0 saturated heterocycles. The number of rotatable bonds is 2. The molecule has 34 heavy (non-hydrogen) atoms. The number of hydrogen-bond donors (Lipinski definition) is 0. The summed E-state index contributed by atoms with van der Waals surface area (Å²) in [6.07, 6.45) is 0. The summed E-state index contributed by atoms with van der Waals surface area (Å²) in [5.74, 6) is 0. The number of thiophene rings is 1. The minimum absolute atomic E-state index is 0.0975. The topological polar surface area (TPSA) is 0 Å². The van der Waals surface area contributed by atoms with Crippen LogP contribution in [0.5, 0.6) is 0 Å². The fourth-order valence-corrected chi connectivity index (χ4v) is 6.70. The van der Waals surface area contributed by atoms with Gasteiger partial charge in [0.05, 0.1) is 0 Å². The second-order valence-electron chi connectivity index (χ2n) is 11.2. The van der Waals surface area contributed by atoms with Crippen molar-refractivity contribution in [3.8, 4) is 22.3 Å². The summed E-state index contributed by atoms with van der Waals surface area (Å²) in [4.78, 5) is 0. The summed E-state index contributed by atoms with van der Waals surface area (Å²) in [5, 5.41) is 2.72. The lowest BCUT2D eigenvalue weighted by molar-refractivity contribution is 0.569. The summed E-state index contributed by atoms with van der Waals surface area (Å²) in [6, 6.07) is 29.5. The van der Waals surface area contributed by atoms with Gasteiger partial charge in [0.2, 0.25) is 0 Å². The van der Waals surface area contributed by atoms with Crippen molar-refractivity contribution in [2.24, 2.45) is 0 Å². The van der Waals surface area contributed by atoms with Gasteiger partial charge in [0, 0.05) is 23.7 Å². The first-order valence-electron chi connectivity index (χ1n) is 11.9. The highest BCUT2D eigenvalue weighted by molar-refractivity contribution is 14.1. The molecular weight excluding hydrogens is 543 g/mol. The molecule has 0 spiro atoms. The lowest BCUT2D eigenvalue weighted by Gasteiger charge is -2.26. The molecule has 0 aliphatic rings. The molecule has 0 aliphatic carbocycles. The van der Waals surface area contributed by atoms with Gasteiger partial charge in [-0.2, -0.15) is 0 Å². The van der Waals surface area contributed by atoms with Gasteiger partial charge in [-0.25, -0.2) is 0 Å². The zero-order valence-corrected chi connectivity index (χ0v) is 23.8. The van der Waals surface area contributed by atoms with Crippen LogP contribution in [0.3, 0.4) is 0 Å². The minimum Gasteiger partial charge on any atom is -0.135 e. The van der Waals surface area contributed by atoms with Gasteiger partial charge in [0.15, 0.2) is 0 Å². The number of fused-ring (bicyclic) bond motifs is 3. The van der Waals surface area contributed by atoms with Crippen LogP contribution in [0.25, 0.3) is 42.4 Å². The van der Waals surface area contributed by atoms with Crippen molar-refractivity contribution in [3.63, 3.8) is 0 Å². The Hall–Kier alpha value is -2.17. The Balaban J connectivity index is 1.76. The second-order valence-corrected chi connectivity index (χ2v) is 13.4. The van der Waals surface area contributed by atoms with E-state index in [0.717, 1.165) is 0 Å². The van der Waals surface area contributed by atoms with E-state index in [4.69, 9.17) is 0 Å². The first-order chi connectivity index (χ1) is 16.0. The standard InChI is InChI=1S/C32H31IS/c1-31(2,3)21-17-20(18-22(19-21)32(4,5)6)23-12-9-14-25(30(23)33)24-13-10-16-28-29(24)26-11-7-8-15-27(26)34-28/h7-19H,1-6H3. The van der Waals surface area contributed by atoms with Gasteiger partial charge in [-0.3, -0.25) is 0 Å². The zero-order valence-electron chi connectivity index (χ0n) is 20.8. The molecule has 1 aromatic heterocycles. The van der Waals surface area contributed by atoms with Crippen molar-refractivity contribution >= 4 is 54.1 Å². The van der Waals surface area contributed by atoms with E-state index in [1.165, 1.54) is 57.1 Å². The molecule has 172 valence electrons. The second kappa shape index (κ2) is 8.49. The van der Waals surface area contributed by atoms with Crippen molar-refractivity contribution in [2.75, 3.05) is 0 Å². The molecule has 0 fully saturated rings. The predicted octanol–water partition coefficient (Wildman–Crippen LogP) is 10.6. The largest absolute Gasteiger partial charge is 0.135 e. The highest BCUT2D eigenvalue weighted by atomic mass is 127. The summed E-state index contributed by atoms with van der Waals surface area (Å²) < 4.78 is 4.02. The van der Waals surface area contributed by atoms with Crippen LogP contribution < -0.4 is 0 Å². The highest BCUT2D eigenvalue weighted by Gasteiger charge is 2.22. The van der Waals surface area contributed by atoms with Crippen molar-refractivity contribution in [3.05, 3.63) is 93.6 Å². The van der Waals surface area contributed by atoms with E-state index in [1.807, 2.05) is 11.3 Å².